The molecule has 202 valence electrons. The summed E-state index contributed by atoms with van der Waals surface area (Å²) in [6.07, 6.45) is 5.73. The first-order valence-corrected chi connectivity index (χ1v) is 13.1. The highest BCUT2D eigenvalue weighted by molar-refractivity contribution is 5.68. The normalized spacial score (nSPS) is 24.5. The molecule has 0 aromatic carbocycles. The Morgan fingerprint density at radius 3 is 2.61 bits per heavy atom. The fraction of sp³-hybridized carbons (Fsp3) is 0.556. The molecule has 3 aromatic rings. The number of fused-ring (bicyclic) bond motifs is 1. The number of hydrogen-bond donors (Lipinski definition) is 1. The molecular formula is C27H32F2N6O3. The van der Waals surface area contributed by atoms with E-state index in [4.69, 9.17) is 14.6 Å². The monoisotopic (exact) mass is 526 g/mol. The number of imidazole rings is 1. The van der Waals surface area contributed by atoms with Crippen molar-refractivity contribution < 1.29 is 23.0 Å². The van der Waals surface area contributed by atoms with Crippen LogP contribution in [0.1, 0.15) is 58.6 Å². The highest BCUT2D eigenvalue weighted by Crippen LogP contribution is 2.66. The number of hydrogen-bond acceptors (Lipinski definition) is 7. The SMILES string of the molecule is COc1cc2ncc(-c3nc(N[C@@H]4CCCN(C(=O)OC(C)(C)C)C4)c(F)cc3F)n2nc1C12CC(C1)C2. The Kier molecular flexibility index (Phi) is 5.73. The number of pyridine rings is 1. The third-order valence-electron chi connectivity index (χ3n) is 7.80. The lowest BCUT2D eigenvalue weighted by Gasteiger charge is -2.61. The van der Waals surface area contributed by atoms with Gasteiger partial charge < -0.3 is 19.7 Å². The molecular weight excluding hydrogens is 494 g/mol. The van der Waals surface area contributed by atoms with Gasteiger partial charge in [-0.15, -0.1) is 0 Å². The molecule has 2 bridgehead atoms. The van der Waals surface area contributed by atoms with Gasteiger partial charge in [-0.1, -0.05) is 0 Å². The van der Waals surface area contributed by atoms with Crippen molar-refractivity contribution in [2.45, 2.75) is 69.9 Å². The summed E-state index contributed by atoms with van der Waals surface area (Å²) in [5.74, 6) is -0.275. The summed E-state index contributed by atoms with van der Waals surface area (Å²) in [6.45, 7) is 6.32. The number of halogens is 2. The van der Waals surface area contributed by atoms with Crippen LogP contribution < -0.4 is 10.1 Å². The van der Waals surface area contributed by atoms with Crippen LogP contribution in [0.5, 0.6) is 5.75 Å². The zero-order chi connectivity index (χ0) is 26.8. The van der Waals surface area contributed by atoms with E-state index in [-0.39, 0.29) is 23.0 Å². The molecule has 7 rings (SSSR count). The Balaban J connectivity index is 1.29. The standard InChI is InChI=1S/C27H32F2N6O3/c1-26(2,3)38-25(36)34-7-5-6-16(14-34)31-24-18(29)8-17(28)22(32-24)19-13-30-21-9-20(37-4)23(33-35(19)21)27-10-15(11-27)12-27/h8-9,13,15-16H,5-7,10-12,14H2,1-4H3,(H,31,32)/t15?,16-,27?/m1/s1. The smallest absolute Gasteiger partial charge is 0.410 e. The van der Waals surface area contributed by atoms with E-state index < -0.39 is 23.3 Å². The van der Waals surface area contributed by atoms with Crippen molar-refractivity contribution in [1.82, 2.24) is 24.5 Å². The van der Waals surface area contributed by atoms with Crippen molar-refractivity contribution in [2.75, 3.05) is 25.5 Å². The van der Waals surface area contributed by atoms with Gasteiger partial charge in [-0.2, -0.15) is 5.10 Å². The van der Waals surface area contributed by atoms with Crippen LogP contribution in [0.2, 0.25) is 0 Å². The van der Waals surface area contributed by atoms with Gasteiger partial charge in [0.1, 0.15) is 28.4 Å². The van der Waals surface area contributed by atoms with Gasteiger partial charge in [-0.25, -0.2) is 28.1 Å². The summed E-state index contributed by atoms with van der Waals surface area (Å²) in [5.41, 5.74) is 1.01. The van der Waals surface area contributed by atoms with Crippen molar-refractivity contribution >= 4 is 17.6 Å². The van der Waals surface area contributed by atoms with Gasteiger partial charge in [0.25, 0.3) is 0 Å². The highest BCUT2D eigenvalue weighted by atomic mass is 19.1. The lowest BCUT2D eigenvalue weighted by atomic mass is 9.43. The van der Waals surface area contributed by atoms with Crippen molar-refractivity contribution in [3.8, 4) is 17.1 Å². The molecule has 1 aliphatic heterocycles. The van der Waals surface area contributed by atoms with E-state index in [0.29, 0.717) is 36.6 Å². The fourth-order valence-corrected chi connectivity index (χ4v) is 5.88. The fourth-order valence-electron chi connectivity index (χ4n) is 5.88. The van der Waals surface area contributed by atoms with Gasteiger partial charge in [-0.05, 0) is 58.8 Å². The van der Waals surface area contributed by atoms with Crippen LogP contribution >= 0.6 is 0 Å². The zero-order valence-electron chi connectivity index (χ0n) is 22.1. The van der Waals surface area contributed by atoms with Crippen LogP contribution in [-0.4, -0.2) is 62.4 Å². The minimum Gasteiger partial charge on any atom is -0.495 e. The van der Waals surface area contributed by atoms with Crippen LogP contribution in [0.25, 0.3) is 17.0 Å². The number of aromatic nitrogens is 4. The molecule has 4 fully saturated rings. The maximum Gasteiger partial charge on any atom is 0.410 e. The molecule has 3 saturated carbocycles. The Hall–Kier alpha value is -3.50. The number of amides is 1. The zero-order valence-corrected chi connectivity index (χ0v) is 22.1. The van der Waals surface area contributed by atoms with Crippen LogP contribution in [0.15, 0.2) is 18.3 Å². The molecule has 3 aromatic heterocycles. The van der Waals surface area contributed by atoms with Gasteiger partial charge in [0, 0.05) is 36.7 Å². The summed E-state index contributed by atoms with van der Waals surface area (Å²) in [4.78, 5) is 22.9. The lowest BCUT2D eigenvalue weighted by molar-refractivity contribution is -0.0333. The summed E-state index contributed by atoms with van der Waals surface area (Å²) in [5, 5.41) is 7.91. The summed E-state index contributed by atoms with van der Waals surface area (Å²) in [6, 6.07) is 2.36. The largest absolute Gasteiger partial charge is 0.495 e. The molecule has 4 heterocycles. The summed E-state index contributed by atoms with van der Waals surface area (Å²) >= 11 is 0. The highest BCUT2D eigenvalue weighted by Gasteiger charge is 2.59. The van der Waals surface area contributed by atoms with E-state index in [9.17, 15) is 9.18 Å². The van der Waals surface area contributed by atoms with E-state index in [0.717, 1.165) is 43.4 Å². The molecule has 1 atom stereocenters. The van der Waals surface area contributed by atoms with Crippen molar-refractivity contribution in [3.05, 3.63) is 35.7 Å². The number of piperidine rings is 1. The number of likely N-dealkylation sites (tertiary alicyclic amines) is 1. The molecule has 38 heavy (non-hydrogen) atoms. The van der Waals surface area contributed by atoms with Crippen LogP contribution in [0.3, 0.4) is 0 Å². The minimum absolute atomic E-state index is 0.00815. The lowest BCUT2D eigenvalue weighted by Crippen LogP contribution is -2.56. The van der Waals surface area contributed by atoms with Crippen LogP contribution in [0.4, 0.5) is 19.4 Å². The molecule has 0 radical (unpaired) electrons. The van der Waals surface area contributed by atoms with E-state index in [1.54, 1.807) is 22.6 Å². The first-order valence-electron chi connectivity index (χ1n) is 13.1. The molecule has 4 aliphatic rings. The predicted octanol–water partition coefficient (Wildman–Crippen LogP) is 4.94. The topological polar surface area (TPSA) is 93.9 Å². The number of ether oxygens (including phenoxy) is 2. The first kappa shape index (κ1) is 24.8. The Labute approximate surface area is 219 Å². The van der Waals surface area contributed by atoms with Gasteiger partial charge in [0.15, 0.2) is 23.1 Å². The average molecular weight is 527 g/mol. The van der Waals surface area contributed by atoms with Crippen molar-refractivity contribution in [3.63, 3.8) is 0 Å². The summed E-state index contributed by atoms with van der Waals surface area (Å²) < 4.78 is 42.6. The first-order chi connectivity index (χ1) is 18.0. The number of methoxy groups -OCH3 is 1. The van der Waals surface area contributed by atoms with Gasteiger partial charge in [0.05, 0.1) is 13.3 Å². The third-order valence-corrected chi connectivity index (χ3v) is 7.80. The van der Waals surface area contributed by atoms with E-state index >= 15 is 4.39 Å². The number of carbonyl (C=O) groups excluding carboxylic acids is 1. The van der Waals surface area contributed by atoms with Crippen LogP contribution in [0, 0.1) is 17.6 Å². The van der Waals surface area contributed by atoms with E-state index in [1.165, 1.54) is 6.20 Å². The van der Waals surface area contributed by atoms with Gasteiger partial charge >= 0.3 is 6.09 Å². The second kappa shape index (κ2) is 8.78. The summed E-state index contributed by atoms with van der Waals surface area (Å²) in [7, 11) is 1.61. The second-order valence-electron chi connectivity index (χ2n) is 11.8. The van der Waals surface area contributed by atoms with Crippen LogP contribution in [-0.2, 0) is 10.2 Å². The Morgan fingerprint density at radius 1 is 1.18 bits per heavy atom. The Bertz CT molecular complexity index is 1400. The quantitative estimate of drug-likeness (QED) is 0.503. The predicted molar refractivity (Wildman–Crippen MR) is 136 cm³/mol. The molecule has 9 nitrogen and oxygen atoms in total. The Morgan fingerprint density at radius 2 is 1.95 bits per heavy atom. The molecule has 1 N–H and O–H groups in total. The molecule has 1 saturated heterocycles. The molecule has 3 aliphatic carbocycles. The van der Waals surface area contributed by atoms with Gasteiger partial charge in [-0.3, -0.25) is 0 Å². The van der Waals surface area contributed by atoms with E-state index in [2.05, 4.69) is 15.3 Å². The molecule has 0 unspecified atom stereocenters. The average Bonchev–Trinajstić information content (AvgIpc) is 3.20. The maximum absolute atomic E-state index is 15.1. The van der Waals surface area contributed by atoms with E-state index in [1.807, 2.05) is 20.8 Å². The van der Waals surface area contributed by atoms with Crippen molar-refractivity contribution in [2.24, 2.45) is 5.92 Å². The molecule has 11 heteroatoms. The second-order valence-corrected chi connectivity index (χ2v) is 11.8. The molecule has 0 spiro atoms. The number of nitrogens with zero attached hydrogens (tertiary/aromatic N) is 5. The molecule has 1 amide bonds. The van der Waals surface area contributed by atoms with Gasteiger partial charge in [0.2, 0.25) is 0 Å². The number of nitrogens with one attached hydrogen (secondary N) is 1. The van der Waals surface area contributed by atoms with Crippen molar-refractivity contribution in [1.29, 1.82) is 0 Å². The maximum atomic E-state index is 15.1. The third kappa shape index (κ3) is 4.21. The number of carbonyl (C=O) groups is 1. The number of anilines is 1. The minimum atomic E-state index is -0.807. The number of rotatable bonds is 5.